The number of pyridine rings is 1. The lowest BCUT2D eigenvalue weighted by Crippen LogP contribution is -2.34. The number of carbonyl (C=O) groups excluding carboxylic acids is 2. The molecule has 5 nitrogen and oxygen atoms in total. The van der Waals surface area contributed by atoms with Crippen LogP contribution in [-0.4, -0.2) is 29.9 Å². The number of hydrogen-bond acceptors (Lipinski definition) is 3. The van der Waals surface area contributed by atoms with E-state index in [1.54, 1.807) is 42.6 Å². The highest BCUT2D eigenvalue weighted by Crippen LogP contribution is 2.14. The van der Waals surface area contributed by atoms with Gasteiger partial charge >= 0.3 is 0 Å². The molecule has 1 heterocycles. The summed E-state index contributed by atoms with van der Waals surface area (Å²) in [6.07, 6.45) is 3.08. The summed E-state index contributed by atoms with van der Waals surface area (Å²) in [5.41, 5.74) is 0.896. The normalized spacial score (nSPS) is 9.95. The van der Waals surface area contributed by atoms with E-state index in [0.29, 0.717) is 29.2 Å². The summed E-state index contributed by atoms with van der Waals surface area (Å²) in [4.78, 5) is 27.5. The second-order valence-electron chi connectivity index (χ2n) is 4.23. The molecule has 108 valence electrons. The Kier molecular flexibility index (Phi) is 5.29. The minimum absolute atomic E-state index is 0.227. The fourth-order valence-corrected chi connectivity index (χ4v) is 1.91. The van der Waals surface area contributed by atoms with Gasteiger partial charge in [-0.25, -0.2) is 0 Å². The Morgan fingerprint density at radius 3 is 2.38 bits per heavy atom. The molecule has 0 aliphatic heterocycles. The number of nitrogens with one attached hydrogen (secondary N) is 2. The molecule has 0 aliphatic rings. The first-order chi connectivity index (χ1) is 10.2. The fraction of sp³-hybridized carbons (Fsp3) is 0.133. The first kappa shape index (κ1) is 15.0. The molecule has 6 heteroatoms. The van der Waals surface area contributed by atoms with Crippen molar-refractivity contribution >= 4 is 23.4 Å². The van der Waals surface area contributed by atoms with Gasteiger partial charge in [0.2, 0.25) is 0 Å². The van der Waals surface area contributed by atoms with Gasteiger partial charge in [0.25, 0.3) is 11.8 Å². The van der Waals surface area contributed by atoms with Crippen LogP contribution in [0.15, 0.2) is 48.8 Å². The van der Waals surface area contributed by atoms with Crippen LogP contribution in [0.5, 0.6) is 0 Å². The number of halogens is 1. The van der Waals surface area contributed by atoms with Crippen LogP contribution in [0, 0.1) is 0 Å². The summed E-state index contributed by atoms with van der Waals surface area (Å²) in [5, 5.41) is 5.78. The molecular formula is C15H14ClN3O2. The molecule has 0 atom stereocenters. The van der Waals surface area contributed by atoms with Gasteiger partial charge in [-0.2, -0.15) is 0 Å². The Morgan fingerprint density at radius 2 is 1.71 bits per heavy atom. The topological polar surface area (TPSA) is 71.1 Å². The highest BCUT2D eigenvalue weighted by Gasteiger charge is 2.09. The van der Waals surface area contributed by atoms with Gasteiger partial charge in [-0.3, -0.25) is 14.6 Å². The zero-order valence-corrected chi connectivity index (χ0v) is 11.9. The van der Waals surface area contributed by atoms with Crippen molar-refractivity contribution in [2.24, 2.45) is 0 Å². The highest BCUT2D eigenvalue weighted by molar-refractivity contribution is 6.33. The molecule has 1 aromatic carbocycles. The Morgan fingerprint density at radius 1 is 1.00 bits per heavy atom. The van der Waals surface area contributed by atoms with Crippen molar-refractivity contribution in [3.05, 3.63) is 64.9 Å². The Hall–Kier alpha value is -2.40. The molecular weight excluding hydrogens is 290 g/mol. The molecule has 21 heavy (non-hydrogen) atoms. The quantitative estimate of drug-likeness (QED) is 0.829. The standard InChI is InChI=1S/C15H14ClN3O2/c16-13-6-2-1-5-12(13)15(21)19-9-8-18-14(20)11-4-3-7-17-10-11/h1-7,10H,8-9H2,(H,18,20)(H,19,21). The number of rotatable bonds is 5. The molecule has 0 unspecified atom stereocenters. The van der Waals surface area contributed by atoms with Crippen molar-refractivity contribution in [2.75, 3.05) is 13.1 Å². The first-order valence-corrected chi connectivity index (χ1v) is 6.77. The van der Waals surface area contributed by atoms with Crippen LogP contribution >= 0.6 is 11.6 Å². The van der Waals surface area contributed by atoms with Crippen LogP contribution < -0.4 is 10.6 Å². The fourth-order valence-electron chi connectivity index (χ4n) is 1.69. The molecule has 2 amide bonds. The first-order valence-electron chi connectivity index (χ1n) is 6.39. The molecule has 0 saturated heterocycles. The van der Waals surface area contributed by atoms with Crippen LogP contribution in [-0.2, 0) is 0 Å². The zero-order valence-electron chi connectivity index (χ0n) is 11.2. The van der Waals surface area contributed by atoms with Crippen molar-refractivity contribution < 1.29 is 9.59 Å². The third kappa shape index (κ3) is 4.29. The molecule has 2 aromatic rings. The van der Waals surface area contributed by atoms with E-state index >= 15 is 0 Å². The van der Waals surface area contributed by atoms with E-state index in [1.165, 1.54) is 6.20 Å². The van der Waals surface area contributed by atoms with Crippen molar-refractivity contribution in [1.29, 1.82) is 0 Å². The monoisotopic (exact) mass is 303 g/mol. The average molecular weight is 304 g/mol. The summed E-state index contributed by atoms with van der Waals surface area (Å²) in [6.45, 7) is 0.639. The van der Waals surface area contributed by atoms with Gasteiger partial charge < -0.3 is 10.6 Å². The summed E-state index contributed by atoms with van der Waals surface area (Å²) < 4.78 is 0. The van der Waals surface area contributed by atoms with E-state index in [4.69, 9.17) is 11.6 Å². The molecule has 2 N–H and O–H groups in total. The molecule has 0 fully saturated rings. The number of aromatic nitrogens is 1. The van der Waals surface area contributed by atoms with Crippen LogP contribution in [0.3, 0.4) is 0 Å². The van der Waals surface area contributed by atoms with Crippen LogP contribution in [0.4, 0.5) is 0 Å². The second kappa shape index (κ2) is 7.40. The van der Waals surface area contributed by atoms with Crippen molar-refractivity contribution in [3.8, 4) is 0 Å². The molecule has 0 saturated carbocycles. The van der Waals surface area contributed by atoms with Crippen LogP contribution in [0.2, 0.25) is 5.02 Å². The van der Waals surface area contributed by atoms with Gasteiger partial charge in [0.05, 0.1) is 16.1 Å². The minimum Gasteiger partial charge on any atom is -0.350 e. The number of benzene rings is 1. The largest absolute Gasteiger partial charge is 0.350 e. The van der Waals surface area contributed by atoms with Gasteiger partial charge in [0, 0.05) is 25.5 Å². The zero-order chi connectivity index (χ0) is 15.1. The summed E-state index contributed by atoms with van der Waals surface area (Å²) in [7, 11) is 0. The third-order valence-electron chi connectivity index (χ3n) is 2.74. The van der Waals surface area contributed by atoms with Gasteiger partial charge in [0.15, 0.2) is 0 Å². The smallest absolute Gasteiger partial charge is 0.252 e. The summed E-state index contributed by atoms with van der Waals surface area (Å²) in [5.74, 6) is -0.494. The van der Waals surface area contributed by atoms with E-state index in [2.05, 4.69) is 15.6 Å². The molecule has 0 radical (unpaired) electrons. The van der Waals surface area contributed by atoms with Crippen LogP contribution in [0.1, 0.15) is 20.7 Å². The molecule has 0 spiro atoms. The minimum atomic E-state index is -0.267. The Balaban J connectivity index is 1.76. The maximum atomic E-state index is 11.9. The summed E-state index contributed by atoms with van der Waals surface area (Å²) >= 11 is 5.92. The molecule has 1 aromatic heterocycles. The van der Waals surface area contributed by atoms with Crippen molar-refractivity contribution in [2.45, 2.75) is 0 Å². The molecule has 0 bridgehead atoms. The number of hydrogen-bond donors (Lipinski definition) is 2. The second-order valence-corrected chi connectivity index (χ2v) is 4.64. The predicted octanol–water partition coefficient (Wildman–Crippen LogP) is 1.89. The van der Waals surface area contributed by atoms with Crippen LogP contribution in [0.25, 0.3) is 0 Å². The maximum Gasteiger partial charge on any atom is 0.252 e. The van der Waals surface area contributed by atoms with E-state index in [0.717, 1.165) is 0 Å². The number of amides is 2. The van der Waals surface area contributed by atoms with Crippen molar-refractivity contribution in [1.82, 2.24) is 15.6 Å². The lowest BCUT2D eigenvalue weighted by molar-refractivity contribution is 0.0927. The molecule has 0 aliphatic carbocycles. The molecule has 2 rings (SSSR count). The van der Waals surface area contributed by atoms with Gasteiger partial charge in [-0.1, -0.05) is 23.7 Å². The maximum absolute atomic E-state index is 11.9. The van der Waals surface area contributed by atoms with E-state index in [9.17, 15) is 9.59 Å². The summed E-state index contributed by atoms with van der Waals surface area (Å²) in [6, 6.07) is 10.2. The van der Waals surface area contributed by atoms with Gasteiger partial charge in [0.1, 0.15) is 0 Å². The Bertz CT molecular complexity index is 632. The lowest BCUT2D eigenvalue weighted by Gasteiger charge is -2.08. The van der Waals surface area contributed by atoms with E-state index in [1.807, 2.05) is 0 Å². The average Bonchev–Trinajstić information content (AvgIpc) is 2.52. The van der Waals surface area contributed by atoms with E-state index < -0.39 is 0 Å². The predicted molar refractivity (Wildman–Crippen MR) is 80.4 cm³/mol. The highest BCUT2D eigenvalue weighted by atomic mass is 35.5. The Labute approximate surface area is 127 Å². The van der Waals surface area contributed by atoms with E-state index in [-0.39, 0.29) is 11.8 Å². The van der Waals surface area contributed by atoms with Gasteiger partial charge in [-0.15, -0.1) is 0 Å². The lowest BCUT2D eigenvalue weighted by atomic mass is 10.2. The number of carbonyl (C=O) groups is 2. The SMILES string of the molecule is O=C(NCCNC(=O)c1ccccc1Cl)c1cccnc1. The number of nitrogens with zero attached hydrogens (tertiary/aromatic N) is 1. The third-order valence-corrected chi connectivity index (χ3v) is 3.07. The van der Waals surface area contributed by atoms with Gasteiger partial charge in [-0.05, 0) is 24.3 Å². The van der Waals surface area contributed by atoms with Crippen molar-refractivity contribution in [3.63, 3.8) is 0 Å².